The molecule has 4 aromatic rings. The van der Waals surface area contributed by atoms with Crippen LogP contribution in [0.25, 0.3) is 0 Å². The van der Waals surface area contributed by atoms with E-state index in [4.69, 9.17) is 16.2 Å². The van der Waals surface area contributed by atoms with Gasteiger partial charge in [0.2, 0.25) is 0 Å². The number of carbonyl (C=O) groups is 2. The summed E-state index contributed by atoms with van der Waals surface area (Å²) in [5, 5.41) is 9.89. The molecule has 39 heavy (non-hydrogen) atoms. The van der Waals surface area contributed by atoms with Crippen LogP contribution in [0.2, 0.25) is 0 Å². The van der Waals surface area contributed by atoms with E-state index in [0.717, 1.165) is 26.1 Å². The lowest BCUT2D eigenvalue weighted by Gasteiger charge is -2.09. The molecule has 0 aliphatic carbocycles. The van der Waals surface area contributed by atoms with E-state index in [1.54, 1.807) is 97.1 Å². The molecule has 0 aliphatic heterocycles. The highest BCUT2D eigenvalue weighted by atomic mass is 16.5. The van der Waals surface area contributed by atoms with E-state index < -0.39 is 6.10 Å². The van der Waals surface area contributed by atoms with Gasteiger partial charge in [-0.3, -0.25) is 9.59 Å². The number of hydrogen-bond donors (Lipinski definition) is 3. The van der Waals surface area contributed by atoms with Crippen LogP contribution in [0.1, 0.15) is 64.6 Å². The van der Waals surface area contributed by atoms with Crippen molar-refractivity contribution in [3.8, 4) is 0 Å². The molecule has 1 unspecified atom stereocenters. The van der Waals surface area contributed by atoms with E-state index in [9.17, 15) is 14.7 Å². The molecule has 5 N–H and O–H groups in total. The minimum atomic E-state index is -1.08. The molecule has 0 fully saturated rings. The number of Topliss-reactive ketones (excluding diaryl/α,β-unsaturated/α-hetero) is 1. The minimum absolute atomic E-state index is 0.0278. The number of carbonyl (C=O) groups excluding carboxylic acids is 2. The smallest absolute Gasteiger partial charge is 0.195 e. The molecule has 0 saturated carbocycles. The van der Waals surface area contributed by atoms with Gasteiger partial charge in [-0.1, -0.05) is 74.5 Å². The number of benzene rings is 4. The predicted octanol–water partition coefficient (Wildman–Crippen LogP) is 6.51. The van der Waals surface area contributed by atoms with Crippen molar-refractivity contribution in [2.75, 3.05) is 24.7 Å². The fraction of sp³-hybridized carbons (Fsp3) is 0.212. The summed E-state index contributed by atoms with van der Waals surface area (Å²) in [7, 11) is 0. The number of aliphatic hydroxyl groups is 1. The summed E-state index contributed by atoms with van der Waals surface area (Å²) >= 11 is 0. The normalized spacial score (nSPS) is 10.7. The molecule has 0 heterocycles. The molecular formula is C33H38N2O4. The quantitative estimate of drug-likeness (QED) is 0.130. The average molecular weight is 527 g/mol. The summed E-state index contributed by atoms with van der Waals surface area (Å²) in [6.45, 7) is 6.09. The van der Waals surface area contributed by atoms with Gasteiger partial charge in [-0.2, -0.15) is 0 Å². The van der Waals surface area contributed by atoms with Crippen LogP contribution < -0.4 is 11.5 Å². The Balaban J connectivity index is 0.000000222. The topological polar surface area (TPSA) is 116 Å². The maximum atomic E-state index is 12.0. The van der Waals surface area contributed by atoms with E-state index in [1.807, 2.05) is 12.1 Å². The summed E-state index contributed by atoms with van der Waals surface area (Å²) < 4.78 is 5.13. The molecule has 0 spiro atoms. The van der Waals surface area contributed by atoms with Gasteiger partial charge in [-0.25, -0.2) is 0 Å². The van der Waals surface area contributed by atoms with Crippen LogP contribution in [-0.2, 0) is 4.74 Å². The molecule has 1 atom stereocenters. The van der Waals surface area contributed by atoms with Crippen LogP contribution >= 0.6 is 0 Å². The van der Waals surface area contributed by atoms with E-state index in [1.165, 1.54) is 0 Å². The van der Waals surface area contributed by atoms with Crippen molar-refractivity contribution in [1.29, 1.82) is 0 Å². The van der Waals surface area contributed by atoms with Crippen LogP contribution in [0.15, 0.2) is 109 Å². The van der Waals surface area contributed by atoms with Crippen LogP contribution in [0, 0.1) is 0 Å². The third kappa shape index (κ3) is 10.9. The summed E-state index contributed by atoms with van der Waals surface area (Å²) in [6.07, 6.45) is 1.20. The Morgan fingerprint density at radius 3 is 1.46 bits per heavy atom. The van der Waals surface area contributed by atoms with Crippen molar-refractivity contribution in [2.45, 2.75) is 32.8 Å². The SMILES string of the molecule is CCCOCCC.Nc1ccc(C(=O)c2ccc(N)cc2)cc1.O=C(c1ccccc1)C(O)c1ccccc1. The number of nitrogens with two attached hydrogens (primary N) is 2. The first kappa shape index (κ1) is 31.0. The third-order valence-electron chi connectivity index (χ3n) is 5.46. The molecule has 0 radical (unpaired) electrons. The standard InChI is InChI=1S/C14H12O2.C13H12N2O.C6H14O/c15-13(11-7-3-1-4-8-11)14(16)12-9-5-2-6-10-12;14-11-5-1-9(2-6-11)13(16)10-3-7-12(15)8-4-10;1-3-5-7-6-4-2/h1-10,13,15H;1-8H,14-15H2;3-6H2,1-2H3. The number of nitrogen functional groups attached to an aromatic ring is 2. The Morgan fingerprint density at radius 1 is 0.641 bits per heavy atom. The minimum Gasteiger partial charge on any atom is -0.399 e. The molecule has 0 amide bonds. The largest absolute Gasteiger partial charge is 0.399 e. The Hall–Kier alpha value is -4.26. The number of aliphatic hydroxyl groups excluding tert-OH is 1. The molecule has 0 saturated heterocycles. The second-order valence-electron chi connectivity index (χ2n) is 8.73. The third-order valence-corrected chi connectivity index (χ3v) is 5.46. The number of rotatable bonds is 9. The lowest BCUT2D eigenvalue weighted by Crippen LogP contribution is -2.11. The first-order chi connectivity index (χ1) is 18.9. The molecule has 6 heteroatoms. The first-order valence-electron chi connectivity index (χ1n) is 13.0. The van der Waals surface area contributed by atoms with E-state index in [-0.39, 0.29) is 11.6 Å². The number of anilines is 2. The number of hydrogen-bond acceptors (Lipinski definition) is 6. The fourth-order valence-corrected chi connectivity index (χ4v) is 3.37. The molecule has 6 nitrogen and oxygen atoms in total. The highest BCUT2D eigenvalue weighted by Crippen LogP contribution is 2.18. The Labute approximate surface area is 231 Å². The Morgan fingerprint density at radius 2 is 1.05 bits per heavy atom. The van der Waals surface area contributed by atoms with Gasteiger partial charge in [0.1, 0.15) is 6.10 Å². The van der Waals surface area contributed by atoms with Crippen LogP contribution in [0.5, 0.6) is 0 Å². The van der Waals surface area contributed by atoms with Crippen molar-refractivity contribution in [1.82, 2.24) is 0 Å². The summed E-state index contributed by atoms with van der Waals surface area (Å²) in [4.78, 5) is 23.9. The van der Waals surface area contributed by atoms with Crippen LogP contribution in [-0.4, -0.2) is 29.9 Å². The van der Waals surface area contributed by atoms with Crippen molar-refractivity contribution in [2.24, 2.45) is 0 Å². The van der Waals surface area contributed by atoms with Gasteiger partial charge >= 0.3 is 0 Å². The highest BCUT2D eigenvalue weighted by Gasteiger charge is 2.18. The fourth-order valence-electron chi connectivity index (χ4n) is 3.37. The molecule has 0 bridgehead atoms. The monoisotopic (exact) mass is 526 g/mol. The molecule has 204 valence electrons. The maximum Gasteiger partial charge on any atom is 0.195 e. The van der Waals surface area contributed by atoms with Gasteiger partial charge in [-0.15, -0.1) is 0 Å². The lowest BCUT2D eigenvalue weighted by molar-refractivity contribution is 0.0747. The van der Waals surface area contributed by atoms with Gasteiger partial charge in [0.25, 0.3) is 0 Å². The predicted molar refractivity (Wildman–Crippen MR) is 159 cm³/mol. The molecule has 4 aromatic carbocycles. The van der Waals surface area contributed by atoms with Crippen LogP contribution in [0.4, 0.5) is 11.4 Å². The second kappa shape index (κ2) is 17.3. The number of ether oxygens (including phenoxy) is 1. The van der Waals surface area contributed by atoms with Gasteiger partial charge < -0.3 is 21.3 Å². The van der Waals surface area contributed by atoms with Crippen molar-refractivity contribution < 1.29 is 19.4 Å². The molecule has 4 rings (SSSR count). The van der Waals surface area contributed by atoms with E-state index >= 15 is 0 Å². The Bertz CT molecular complexity index is 1190. The summed E-state index contributed by atoms with van der Waals surface area (Å²) in [5.74, 6) is -0.299. The van der Waals surface area contributed by atoms with Gasteiger partial charge in [-0.05, 0) is 66.9 Å². The highest BCUT2D eigenvalue weighted by molar-refractivity contribution is 6.09. The summed E-state index contributed by atoms with van der Waals surface area (Å²) in [5.41, 5.74) is 14.8. The zero-order valence-corrected chi connectivity index (χ0v) is 22.6. The van der Waals surface area contributed by atoms with Gasteiger partial charge in [0.05, 0.1) is 0 Å². The number of ketones is 2. The molecule has 0 aromatic heterocycles. The molecule has 0 aliphatic rings. The van der Waals surface area contributed by atoms with Gasteiger partial charge in [0.15, 0.2) is 11.6 Å². The Kier molecular flexibility index (Phi) is 13.7. The summed E-state index contributed by atoms with van der Waals surface area (Å²) in [6, 6.07) is 31.5. The van der Waals surface area contributed by atoms with Crippen molar-refractivity contribution in [3.05, 3.63) is 131 Å². The zero-order valence-electron chi connectivity index (χ0n) is 22.6. The van der Waals surface area contributed by atoms with E-state index in [0.29, 0.717) is 33.6 Å². The van der Waals surface area contributed by atoms with Crippen LogP contribution in [0.3, 0.4) is 0 Å². The second-order valence-corrected chi connectivity index (χ2v) is 8.73. The maximum absolute atomic E-state index is 12.0. The van der Waals surface area contributed by atoms with E-state index in [2.05, 4.69) is 13.8 Å². The zero-order chi connectivity index (χ0) is 28.5. The first-order valence-corrected chi connectivity index (χ1v) is 13.0. The lowest BCUT2D eigenvalue weighted by atomic mass is 10.0. The van der Waals surface area contributed by atoms with Crippen molar-refractivity contribution >= 4 is 22.9 Å². The molecular weight excluding hydrogens is 488 g/mol. The van der Waals surface area contributed by atoms with Gasteiger partial charge in [0, 0.05) is 41.3 Å². The average Bonchev–Trinajstić information content (AvgIpc) is 2.99. The van der Waals surface area contributed by atoms with Crippen molar-refractivity contribution in [3.63, 3.8) is 0 Å².